The molecule has 0 aliphatic rings. The van der Waals surface area contributed by atoms with E-state index in [-0.39, 0.29) is 10.9 Å². The van der Waals surface area contributed by atoms with Crippen molar-refractivity contribution in [3.63, 3.8) is 0 Å². The van der Waals surface area contributed by atoms with Crippen molar-refractivity contribution in [2.75, 3.05) is 5.32 Å². The predicted octanol–water partition coefficient (Wildman–Crippen LogP) is 4.80. The van der Waals surface area contributed by atoms with Gasteiger partial charge in [-0.25, -0.2) is 4.39 Å². The number of benzene rings is 2. The first-order valence-corrected chi connectivity index (χ1v) is 6.67. The van der Waals surface area contributed by atoms with Gasteiger partial charge in [-0.05, 0) is 52.7 Å². The van der Waals surface area contributed by atoms with Gasteiger partial charge in [0.15, 0.2) is 0 Å². The summed E-state index contributed by atoms with van der Waals surface area (Å²) >= 11 is 8.95. The van der Waals surface area contributed by atoms with Gasteiger partial charge in [-0.1, -0.05) is 23.7 Å². The quantitative estimate of drug-likeness (QED) is 0.834. The number of rotatable bonds is 2. The van der Waals surface area contributed by atoms with Crippen molar-refractivity contribution in [2.45, 2.75) is 6.92 Å². The Morgan fingerprint density at radius 1 is 1.32 bits per heavy atom. The highest BCUT2D eigenvalue weighted by molar-refractivity contribution is 9.10. The van der Waals surface area contributed by atoms with Crippen molar-refractivity contribution in [3.05, 3.63) is 62.8 Å². The molecule has 0 aliphatic heterocycles. The number of halogens is 3. The third-order valence-electron chi connectivity index (χ3n) is 2.61. The van der Waals surface area contributed by atoms with Crippen molar-refractivity contribution in [2.24, 2.45) is 0 Å². The van der Waals surface area contributed by atoms with Gasteiger partial charge in [0.05, 0.1) is 10.6 Å². The Morgan fingerprint density at radius 3 is 2.74 bits per heavy atom. The topological polar surface area (TPSA) is 29.1 Å². The molecule has 0 fully saturated rings. The molecule has 2 nitrogen and oxygen atoms in total. The van der Waals surface area contributed by atoms with Gasteiger partial charge in [0.25, 0.3) is 5.91 Å². The maximum atomic E-state index is 13.3. The maximum absolute atomic E-state index is 13.3. The molecule has 98 valence electrons. The Kier molecular flexibility index (Phi) is 4.22. The average molecular weight is 343 g/mol. The van der Waals surface area contributed by atoms with Crippen molar-refractivity contribution in [1.29, 1.82) is 0 Å². The molecule has 2 aromatic carbocycles. The third-order valence-corrected chi connectivity index (χ3v) is 3.97. The number of nitrogens with one attached hydrogen (secondary N) is 1. The molecule has 2 aromatic rings. The first-order chi connectivity index (χ1) is 8.99. The lowest BCUT2D eigenvalue weighted by Crippen LogP contribution is -2.13. The van der Waals surface area contributed by atoms with Gasteiger partial charge >= 0.3 is 0 Å². The van der Waals surface area contributed by atoms with Crippen LogP contribution in [-0.4, -0.2) is 5.91 Å². The Morgan fingerprint density at radius 2 is 2.05 bits per heavy atom. The molecule has 2 rings (SSSR count). The van der Waals surface area contributed by atoms with E-state index in [1.807, 2.05) is 13.0 Å². The van der Waals surface area contributed by atoms with Crippen LogP contribution in [0.15, 0.2) is 40.9 Å². The molecular weight excluding hydrogens is 333 g/mol. The van der Waals surface area contributed by atoms with Gasteiger partial charge < -0.3 is 5.32 Å². The fourth-order valence-corrected chi connectivity index (χ4v) is 2.16. The van der Waals surface area contributed by atoms with Crippen LogP contribution in [0.5, 0.6) is 0 Å². The van der Waals surface area contributed by atoms with E-state index in [0.29, 0.717) is 11.3 Å². The average Bonchev–Trinajstić information content (AvgIpc) is 2.37. The van der Waals surface area contributed by atoms with Crippen LogP contribution < -0.4 is 5.32 Å². The predicted molar refractivity (Wildman–Crippen MR) is 78.2 cm³/mol. The molecule has 0 saturated carbocycles. The number of aryl methyl sites for hydroxylation is 1. The second-order valence-electron chi connectivity index (χ2n) is 4.02. The fourth-order valence-electron chi connectivity index (χ4n) is 1.60. The largest absolute Gasteiger partial charge is 0.322 e. The molecule has 19 heavy (non-hydrogen) atoms. The van der Waals surface area contributed by atoms with E-state index < -0.39 is 5.82 Å². The summed E-state index contributed by atoms with van der Waals surface area (Å²) in [6.45, 7) is 1.89. The molecule has 0 bridgehead atoms. The molecule has 1 amide bonds. The van der Waals surface area contributed by atoms with Crippen LogP contribution in [-0.2, 0) is 0 Å². The van der Waals surface area contributed by atoms with Gasteiger partial charge in [-0.2, -0.15) is 0 Å². The van der Waals surface area contributed by atoms with Gasteiger partial charge in [0.1, 0.15) is 5.82 Å². The Labute approximate surface area is 123 Å². The molecule has 0 unspecified atom stereocenters. The van der Waals surface area contributed by atoms with Crippen LogP contribution in [0.4, 0.5) is 10.1 Å². The molecule has 0 aromatic heterocycles. The number of amides is 1. The standard InChI is InChI=1S/C14H10BrClFNO/c1-8-3-2-4-10(13(8)15)14(19)18-9-5-6-11(16)12(17)7-9/h2-7H,1H3,(H,18,19). The highest BCUT2D eigenvalue weighted by Gasteiger charge is 2.12. The van der Waals surface area contributed by atoms with Crippen molar-refractivity contribution in [3.8, 4) is 0 Å². The number of anilines is 1. The smallest absolute Gasteiger partial charge is 0.256 e. The van der Waals surface area contributed by atoms with E-state index in [0.717, 1.165) is 10.0 Å². The van der Waals surface area contributed by atoms with Crippen LogP contribution in [0.2, 0.25) is 5.02 Å². The third kappa shape index (κ3) is 3.14. The fraction of sp³-hybridized carbons (Fsp3) is 0.0714. The summed E-state index contributed by atoms with van der Waals surface area (Å²) in [7, 11) is 0. The summed E-state index contributed by atoms with van der Waals surface area (Å²) < 4.78 is 14.0. The lowest BCUT2D eigenvalue weighted by molar-refractivity contribution is 0.102. The van der Waals surface area contributed by atoms with E-state index in [1.165, 1.54) is 12.1 Å². The molecule has 0 radical (unpaired) electrons. The highest BCUT2D eigenvalue weighted by Crippen LogP contribution is 2.23. The van der Waals surface area contributed by atoms with Crippen LogP contribution in [0.3, 0.4) is 0 Å². The van der Waals surface area contributed by atoms with E-state index in [1.54, 1.807) is 18.2 Å². The van der Waals surface area contributed by atoms with Gasteiger partial charge in [0, 0.05) is 10.2 Å². The highest BCUT2D eigenvalue weighted by atomic mass is 79.9. The minimum atomic E-state index is -0.567. The monoisotopic (exact) mass is 341 g/mol. The number of hydrogen-bond donors (Lipinski definition) is 1. The summed E-state index contributed by atoms with van der Waals surface area (Å²) in [5.41, 5.74) is 1.81. The zero-order valence-corrected chi connectivity index (χ0v) is 12.3. The van der Waals surface area contributed by atoms with Crippen LogP contribution in [0.25, 0.3) is 0 Å². The summed E-state index contributed by atoms with van der Waals surface area (Å²) in [6, 6.07) is 9.51. The Bertz CT molecular complexity index is 645. The van der Waals surface area contributed by atoms with Crippen molar-refractivity contribution in [1.82, 2.24) is 0 Å². The Hall–Kier alpha value is -1.39. The zero-order chi connectivity index (χ0) is 14.0. The first-order valence-electron chi connectivity index (χ1n) is 5.50. The molecule has 0 atom stereocenters. The van der Waals surface area contributed by atoms with Crippen LogP contribution in [0.1, 0.15) is 15.9 Å². The first kappa shape index (κ1) is 14.0. The number of carbonyl (C=O) groups excluding carboxylic acids is 1. The molecule has 0 heterocycles. The molecule has 0 spiro atoms. The molecule has 1 N–H and O–H groups in total. The lowest BCUT2D eigenvalue weighted by atomic mass is 10.1. The van der Waals surface area contributed by atoms with E-state index in [9.17, 15) is 9.18 Å². The van der Waals surface area contributed by atoms with E-state index >= 15 is 0 Å². The second kappa shape index (κ2) is 5.72. The number of hydrogen-bond acceptors (Lipinski definition) is 1. The Balaban J connectivity index is 2.26. The summed E-state index contributed by atoms with van der Waals surface area (Å²) in [5, 5.41) is 2.65. The lowest BCUT2D eigenvalue weighted by Gasteiger charge is -2.08. The van der Waals surface area contributed by atoms with Crippen LogP contribution in [0, 0.1) is 12.7 Å². The van der Waals surface area contributed by atoms with Gasteiger partial charge in [0.2, 0.25) is 0 Å². The summed E-state index contributed by atoms with van der Waals surface area (Å²) in [5.74, 6) is -0.875. The second-order valence-corrected chi connectivity index (χ2v) is 5.22. The normalized spacial score (nSPS) is 10.3. The minimum absolute atomic E-state index is 0.0229. The molecule has 0 aliphatic carbocycles. The van der Waals surface area contributed by atoms with Gasteiger partial charge in [-0.15, -0.1) is 0 Å². The van der Waals surface area contributed by atoms with Crippen LogP contribution >= 0.6 is 27.5 Å². The van der Waals surface area contributed by atoms with E-state index in [4.69, 9.17) is 11.6 Å². The number of carbonyl (C=O) groups is 1. The maximum Gasteiger partial charge on any atom is 0.256 e. The molecule has 5 heteroatoms. The summed E-state index contributed by atoms with van der Waals surface area (Å²) in [6.07, 6.45) is 0. The minimum Gasteiger partial charge on any atom is -0.322 e. The van der Waals surface area contributed by atoms with Crippen molar-refractivity contribution < 1.29 is 9.18 Å². The zero-order valence-electron chi connectivity index (χ0n) is 10.0. The van der Waals surface area contributed by atoms with Gasteiger partial charge in [-0.3, -0.25) is 4.79 Å². The molecular formula is C14H10BrClFNO. The van der Waals surface area contributed by atoms with E-state index in [2.05, 4.69) is 21.2 Å². The molecule has 0 saturated heterocycles. The SMILES string of the molecule is Cc1cccc(C(=O)Nc2ccc(Cl)c(F)c2)c1Br. The van der Waals surface area contributed by atoms with Crippen molar-refractivity contribution >= 4 is 39.1 Å². The summed E-state index contributed by atoms with van der Waals surface area (Å²) in [4.78, 5) is 12.1.